The van der Waals surface area contributed by atoms with Crippen LogP contribution in [-0.4, -0.2) is 35.5 Å². The van der Waals surface area contributed by atoms with Crippen molar-refractivity contribution >= 4 is 5.84 Å². The molecule has 88 valence electrons. The van der Waals surface area contributed by atoms with Crippen LogP contribution in [-0.2, 0) is 0 Å². The SMILES string of the molecule is CCC(C(=N)N)N(CC(F)(F)F)C1CC1. The highest BCUT2D eigenvalue weighted by molar-refractivity contribution is 5.82. The quantitative estimate of drug-likeness (QED) is 0.551. The third-order valence-electron chi connectivity index (χ3n) is 2.52. The molecule has 0 aromatic heterocycles. The minimum absolute atomic E-state index is 0.0412. The molecule has 0 spiro atoms. The van der Waals surface area contributed by atoms with Gasteiger partial charge in [-0.1, -0.05) is 6.92 Å². The molecule has 1 aliphatic rings. The highest BCUT2D eigenvalue weighted by Gasteiger charge is 2.41. The number of alkyl halides is 3. The zero-order valence-corrected chi connectivity index (χ0v) is 8.64. The molecule has 3 nitrogen and oxygen atoms in total. The number of nitrogens with one attached hydrogen (secondary N) is 1. The van der Waals surface area contributed by atoms with E-state index in [1.165, 1.54) is 4.90 Å². The van der Waals surface area contributed by atoms with Crippen LogP contribution in [0.25, 0.3) is 0 Å². The van der Waals surface area contributed by atoms with Gasteiger partial charge in [-0.25, -0.2) is 0 Å². The first-order valence-electron chi connectivity index (χ1n) is 5.01. The molecule has 0 bridgehead atoms. The molecule has 15 heavy (non-hydrogen) atoms. The number of nitrogens with zero attached hydrogens (tertiary/aromatic N) is 1. The Labute approximate surface area is 86.9 Å². The lowest BCUT2D eigenvalue weighted by Gasteiger charge is -2.30. The van der Waals surface area contributed by atoms with Gasteiger partial charge in [0.2, 0.25) is 0 Å². The molecule has 0 aliphatic heterocycles. The molecule has 0 aromatic rings. The molecule has 1 aliphatic carbocycles. The molecule has 1 unspecified atom stereocenters. The maximum absolute atomic E-state index is 12.3. The van der Waals surface area contributed by atoms with Gasteiger partial charge in [-0.05, 0) is 19.3 Å². The van der Waals surface area contributed by atoms with Gasteiger partial charge >= 0.3 is 6.18 Å². The summed E-state index contributed by atoms with van der Waals surface area (Å²) in [4.78, 5) is 1.31. The fourth-order valence-corrected chi connectivity index (χ4v) is 1.74. The van der Waals surface area contributed by atoms with Crippen LogP contribution in [0.3, 0.4) is 0 Å². The van der Waals surface area contributed by atoms with E-state index >= 15 is 0 Å². The van der Waals surface area contributed by atoms with Gasteiger partial charge in [-0.2, -0.15) is 13.2 Å². The van der Waals surface area contributed by atoms with Crippen molar-refractivity contribution in [1.29, 1.82) is 5.41 Å². The highest BCUT2D eigenvalue weighted by Crippen LogP contribution is 2.32. The molecular weight excluding hydrogens is 207 g/mol. The first kappa shape index (κ1) is 12.3. The van der Waals surface area contributed by atoms with Crippen LogP contribution in [0.5, 0.6) is 0 Å². The Morgan fingerprint density at radius 1 is 1.53 bits per heavy atom. The van der Waals surface area contributed by atoms with E-state index in [0.717, 1.165) is 12.8 Å². The van der Waals surface area contributed by atoms with Crippen molar-refractivity contribution in [2.24, 2.45) is 5.73 Å². The average molecular weight is 223 g/mol. The first-order valence-corrected chi connectivity index (χ1v) is 5.01. The minimum Gasteiger partial charge on any atom is -0.386 e. The van der Waals surface area contributed by atoms with Crippen molar-refractivity contribution in [3.63, 3.8) is 0 Å². The van der Waals surface area contributed by atoms with Crippen LogP contribution >= 0.6 is 0 Å². The summed E-state index contributed by atoms with van der Waals surface area (Å²) >= 11 is 0. The Balaban J connectivity index is 2.67. The minimum atomic E-state index is -4.22. The molecule has 1 rings (SSSR count). The largest absolute Gasteiger partial charge is 0.401 e. The van der Waals surface area contributed by atoms with Crippen molar-refractivity contribution < 1.29 is 13.2 Å². The van der Waals surface area contributed by atoms with Crippen molar-refractivity contribution in [1.82, 2.24) is 4.90 Å². The third-order valence-corrected chi connectivity index (χ3v) is 2.52. The van der Waals surface area contributed by atoms with Crippen LogP contribution in [0.4, 0.5) is 13.2 Å². The van der Waals surface area contributed by atoms with Gasteiger partial charge in [0.05, 0.1) is 12.6 Å². The monoisotopic (exact) mass is 223 g/mol. The summed E-state index contributed by atoms with van der Waals surface area (Å²) in [7, 11) is 0. The summed E-state index contributed by atoms with van der Waals surface area (Å²) in [5.41, 5.74) is 5.31. The van der Waals surface area contributed by atoms with E-state index in [1.54, 1.807) is 6.92 Å². The normalized spacial score (nSPS) is 19.3. The summed E-state index contributed by atoms with van der Waals surface area (Å²) in [5.74, 6) is -0.173. The molecule has 6 heteroatoms. The second kappa shape index (κ2) is 4.38. The van der Waals surface area contributed by atoms with E-state index in [0.29, 0.717) is 6.42 Å². The summed E-state index contributed by atoms with van der Waals surface area (Å²) in [6.45, 7) is 0.785. The van der Waals surface area contributed by atoms with E-state index < -0.39 is 18.8 Å². The fourth-order valence-electron chi connectivity index (χ4n) is 1.74. The zero-order chi connectivity index (χ0) is 11.6. The molecule has 0 saturated heterocycles. The molecule has 0 amide bonds. The molecule has 0 radical (unpaired) electrons. The van der Waals surface area contributed by atoms with Gasteiger partial charge in [0, 0.05) is 6.04 Å². The van der Waals surface area contributed by atoms with Gasteiger partial charge in [-0.3, -0.25) is 10.3 Å². The van der Waals surface area contributed by atoms with Crippen LogP contribution < -0.4 is 5.73 Å². The third kappa shape index (κ3) is 3.70. The second-order valence-corrected chi connectivity index (χ2v) is 3.90. The van der Waals surface area contributed by atoms with Gasteiger partial charge < -0.3 is 5.73 Å². The Kier molecular flexibility index (Phi) is 3.59. The predicted molar refractivity (Wildman–Crippen MR) is 51.8 cm³/mol. The molecule has 3 N–H and O–H groups in total. The van der Waals surface area contributed by atoms with Crippen molar-refractivity contribution in [2.75, 3.05) is 6.54 Å². The topological polar surface area (TPSA) is 53.1 Å². The first-order chi connectivity index (χ1) is 6.85. The van der Waals surface area contributed by atoms with Gasteiger partial charge in [-0.15, -0.1) is 0 Å². The summed E-state index contributed by atoms with van der Waals surface area (Å²) in [6, 6.07) is -0.611. The Hall–Kier alpha value is -0.780. The number of rotatable bonds is 5. The summed E-state index contributed by atoms with van der Waals surface area (Å²) in [6.07, 6.45) is -2.22. The Morgan fingerprint density at radius 2 is 2.07 bits per heavy atom. The molecule has 1 saturated carbocycles. The lowest BCUT2D eigenvalue weighted by Crippen LogP contribution is -2.49. The maximum Gasteiger partial charge on any atom is 0.401 e. The van der Waals surface area contributed by atoms with E-state index in [-0.39, 0.29) is 11.9 Å². The predicted octanol–water partition coefficient (Wildman–Crippen LogP) is 1.73. The molecule has 1 fully saturated rings. The van der Waals surface area contributed by atoms with E-state index in [4.69, 9.17) is 11.1 Å². The van der Waals surface area contributed by atoms with Crippen molar-refractivity contribution in [3.8, 4) is 0 Å². The maximum atomic E-state index is 12.3. The lowest BCUT2D eigenvalue weighted by molar-refractivity contribution is -0.149. The highest BCUT2D eigenvalue weighted by atomic mass is 19.4. The fraction of sp³-hybridized carbons (Fsp3) is 0.889. The van der Waals surface area contributed by atoms with Gasteiger partial charge in [0.15, 0.2) is 0 Å². The summed E-state index contributed by atoms with van der Waals surface area (Å²) < 4.78 is 36.9. The molecule has 0 heterocycles. The molecule has 0 aromatic carbocycles. The van der Waals surface area contributed by atoms with Crippen LogP contribution in [0.1, 0.15) is 26.2 Å². The lowest BCUT2D eigenvalue weighted by atomic mass is 10.1. The van der Waals surface area contributed by atoms with Crippen molar-refractivity contribution in [2.45, 2.75) is 44.4 Å². The Morgan fingerprint density at radius 3 is 2.33 bits per heavy atom. The van der Waals surface area contributed by atoms with Crippen LogP contribution in [0.2, 0.25) is 0 Å². The van der Waals surface area contributed by atoms with Crippen LogP contribution in [0, 0.1) is 5.41 Å². The summed E-state index contributed by atoms with van der Waals surface area (Å²) in [5, 5.41) is 7.28. The second-order valence-electron chi connectivity index (χ2n) is 3.90. The number of hydrogen-bond acceptors (Lipinski definition) is 2. The molecular formula is C9H16F3N3. The number of amidine groups is 1. The number of halogens is 3. The number of nitrogens with two attached hydrogens (primary N) is 1. The van der Waals surface area contributed by atoms with E-state index in [9.17, 15) is 13.2 Å². The van der Waals surface area contributed by atoms with E-state index in [1.807, 2.05) is 0 Å². The zero-order valence-electron chi connectivity index (χ0n) is 8.64. The van der Waals surface area contributed by atoms with Crippen molar-refractivity contribution in [3.05, 3.63) is 0 Å². The van der Waals surface area contributed by atoms with Crippen LogP contribution in [0.15, 0.2) is 0 Å². The van der Waals surface area contributed by atoms with Gasteiger partial charge in [0.25, 0.3) is 0 Å². The number of hydrogen-bond donors (Lipinski definition) is 2. The Bertz CT molecular complexity index is 235. The molecule has 1 atom stereocenters. The average Bonchev–Trinajstić information content (AvgIpc) is 2.82. The van der Waals surface area contributed by atoms with E-state index in [2.05, 4.69) is 0 Å². The smallest absolute Gasteiger partial charge is 0.386 e. The van der Waals surface area contributed by atoms with Gasteiger partial charge in [0.1, 0.15) is 5.84 Å². The standard InChI is InChI=1S/C9H16F3N3/c1-2-7(8(13)14)15(6-3-4-6)5-9(10,11)12/h6-7H,2-5H2,1H3,(H3,13,14).